The lowest BCUT2D eigenvalue weighted by Crippen LogP contribution is -3.28. The summed E-state index contributed by atoms with van der Waals surface area (Å²) in [6, 6.07) is 8.43. The summed E-state index contributed by atoms with van der Waals surface area (Å²) >= 11 is 0. The molecule has 3 heterocycles. The fourth-order valence-corrected chi connectivity index (χ4v) is 4.19. The minimum absolute atomic E-state index is 0.320. The molecule has 5 nitrogen and oxygen atoms in total. The van der Waals surface area contributed by atoms with Crippen LogP contribution in [0.5, 0.6) is 0 Å². The van der Waals surface area contributed by atoms with Gasteiger partial charge in [-0.1, -0.05) is 18.2 Å². The lowest BCUT2D eigenvalue weighted by atomic mass is 10.0. The van der Waals surface area contributed by atoms with Crippen LogP contribution < -0.4 is 9.80 Å². The van der Waals surface area contributed by atoms with Crippen molar-refractivity contribution in [2.45, 2.75) is 19.9 Å². The summed E-state index contributed by atoms with van der Waals surface area (Å²) in [5, 5.41) is 1.28. The van der Waals surface area contributed by atoms with Crippen molar-refractivity contribution in [1.82, 2.24) is 9.88 Å². The number of quaternary nitrogens is 2. The van der Waals surface area contributed by atoms with E-state index in [4.69, 9.17) is 0 Å². The van der Waals surface area contributed by atoms with Crippen molar-refractivity contribution in [2.24, 2.45) is 0 Å². The summed E-state index contributed by atoms with van der Waals surface area (Å²) < 4.78 is 0. The number of H-pyrrole nitrogens is 1. The molecule has 1 saturated heterocycles. The second kappa shape index (κ2) is 6.57. The van der Waals surface area contributed by atoms with Gasteiger partial charge in [0.15, 0.2) is 6.54 Å². The molecule has 0 atom stereocenters. The van der Waals surface area contributed by atoms with Crippen molar-refractivity contribution >= 4 is 16.8 Å². The molecular formula is C19H28N4O+2. The Morgan fingerprint density at radius 3 is 2.71 bits per heavy atom. The molecule has 128 valence electrons. The van der Waals surface area contributed by atoms with E-state index in [1.807, 2.05) is 0 Å². The monoisotopic (exact) mass is 328 g/mol. The minimum atomic E-state index is 0.320. The Morgan fingerprint density at radius 1 is 1.17 bits per heavy atom. The molecule has 2 aliphatic rings. The molecule has 4 rings (SSSR count). The Hall–Kier alpha value is -1.85. The number of nitrogens with one attached hydrogen (secondary N) is 3. The number of aromatic nitrogens is 1. The molecule has 24 heavy (non-hydrogen) atoms. The van der Waals surface area contributed by atoms with Crippen LogP contribution in [-0.4, -0.2) is 61.6 Å². The zero-order valence-corrected chi connectivity index (χ0v) is 14.5. The summed E-state index contributed by atoms with van der Waals surface area (Å²) in [5.74, 6) is 0.320. The number of nitrogens with zero attached hydrogens (tertiary/aromatic N) is 1. The highest BCUT2D eigenvalue weighted by Crippen LogP contribution is 2.27. The number of carbonyl (C=O) groups excluding carboxylic acids is 1. The van der Waals surface area contributed by atoms with E-state index < -0.39 is 0 Å². The molecule has 3 N–H and O–H groups in total. The van der Waals surface area contributed by atoms with Gasteiger partial charge in [0.1, 0.15) is 26.2 Å². The fraction of sp³-hybridized carbons (Fsp3) is 0.526. The number of para-hydroxylation sites is 1. The number of amides is 1. The van der Waals surface area contributed by atoms with Gasteiger partial charge >= 0.3 is 0 Å². The minimum Gasteiger partial charge on any atom is -0.358 e. The van der Waals surface area contributed by atoms with Crippen molar-refractivity contribution < 1.29 is 14.6 Å². The number of carbonyl (C=O) groups is 1. The fourth-order valence-electron chi connectivity index (χ4n) is 4.19. The zero-order valence-electron chi connectivity index (χ0n) is 14.5. The predicted molar refractivity (Wildman–Crippen MR) is 94.2 cm³/mol. The second-order valence-electron chi connectivity index (χ2n) is 7.22. The third-order valence-corrected chi connectivity index (χ3v) is 5.80. The molecule has 1 aromatic carbocycles. The molecule has 0 spiro atoms. The summed E-state index contributed by atoms with van der Waals surface area (Å²) in [5.41, 5.74) is 3.83. The number of likely N-dealkylation sites (N-methyl/N-ethyl adjacent to an activating group) is 1. The number of hydrogen-bond donors (Lipinski definition) is 3. The third kappa shape index (κ3) is 2.94. The van der Waals surface area contributed by atoms with Crippen molar-refractivity contribution in [3.8, 4) is 0 Å². The zero-order chi connectivity index (χ0) is 16.5. The number of aromatic amines is 1. The van der Waals surface area contributed by atoms with Crippen LogP contribution in [-0.2, 0) is 17.8 Å². The van der Waals surface area contributed by atoms with Gasteiger partial charge in [0.05, 0.1) is 6.54 Å². The first-order chi connectivity index (χ1) is 11.7. The molecule has 2 aromatic rings. The molecular weight excluding hydrogens is 300 g/mol. The summed E-state index contributed by atoms with van der Waals surface area (Å²) in [6.45, 7) is 10.4. The van der Waals surface area contributed by atoms with Gasteiger partial charge < -0.3 is 19.7 Å². The highest BCUT2D eigenvalue weighted by atomic mass is 16.2. The Kier molecular flexibility index (Phi) is 4.29. The number of benzene rings is 1. The van der Waals surface area contributed by atoms with E-state index in [0.29, 0.717) is 12.5 Å². The molecule has 0 radical (unpaired) electrons. The smallest absolute Gasteiger partial charge is 0.278 e. The van der Waals surface area contributed by atoms with Gasteiger partial charge in [-0.05, 0) is 13.0 Å². The van der Waals surface area contributed by atoms with Gasteiger partial charge in [0.2, 0.25) is 0 Å². The summed E-state index contributed by atoms with van der Waals surface area (Å²) in [6.07, 6.45) is 0.943. The number of piperazine rings is 1. The first-order valence-electron chi connectivity index (χ1n) is 9.28. The van der Waals surface area contributed by atoms with Crippen LogP contribution in [0.15, 0.2) is 24.3 Å². The number of rotatable bonds is 3. The van der Waals surface area contributed by atoms with Crippen LogP contribution in [0.2, 0.25) is 0 Å². The van der Waals surface area contributed by atoms with Crippen LogP contribution in [0.25, 0.3) is 10.9 Å². The lowest BCUT2D eigenvalue weighted by Gasteiger charge is -2.31. The first kappa shape index (κ1) is 15.7. The molecule has 1 amide bonds. The van der Waals surface area contributed by atoms with E-state index in [2.05, 4.69) is 41.1 Å². The maximum absolute atomic E-state index is 12.8. The van der Waals surface area contributed by atoms with Crippen LogP contribution in [0.4, 0.5) is 0 Å². The predicted octanol–water partition coefficient (Wildman–Crippen LogP) is -1.14. The normalized spacial score (nSPS) is 24.1. The molecule has 1 aromatic heterocycles. The topological polar surface area (TPSA) is 45.0 Å². The van der Waals surface area contributed by atoms with E-state index in [9.17, 15) is 4.79 Å². The largest absolute Gasteiger partial charge is 0.358 e. The lowest BCUT2D eigenvalue weighted by molar-refractivity contribution is -1.01. The molecule has 5 heteroatoms. The standard InChI is InChI=1S/C19H26N4O/c1-2-21-9-11-22(12-10-21)14-19(24)23-8-7-18-16(13-23)15-5-3-4-6-17(15)20-18/h3-6,20H,2,7-14H2,1H3/p+2. The van der Waals surface area contributed by atoms with Crippen LogP contribution >= 0.6 is 0 Å². The van der Waals surface area contributed by atoms with Gasteiger partial charge in [0, 0.05) is 41.7 Å². The number of hydrogen-bond acceptors (Lipinski definition) is 1. The Bertz CT molecular complexity index is 730. The SMILES string of the molecule is CC[NH+]1CC[NH+](CC(=O)N2CCc3[nH]c4ccccc4c3C2)CC1. The van der Waals surface area contributed by atoms with E-state index in [1.54, 1.807) is 4.90 Å². The first-order valence-corrected chi connectivity index (χ1v) is 9.28. The van der Waals surface area contributed by atoms with Crippen molar-refractivity contribution in [1.29, 1.82) is 0 Å². The maximum Gasteiger partial charge on any atom is 0.278 e. The Balaban J connectivity index is 1.42. The quantitative estimate of drug-likeness (QED) is 0.655. The maximum atomic E-state index is 12.8. The molecule has 1 fully saturated rings. The van der Waals surface area contributed by atoms with Gasteiger partial charge in [-0.2, -0.15) is 0 Å². The molecule has 2 aliphatic heterocycles. The molecule has 0 saturated carbocycles. The van der Waals surface area contributed by atoms with E-state index in [-0.39, 0.29) is 0 Å². The van der Waals surface area contributed by atoms with Gasteiger partial charge in [0.25, 0.3) is 5.91 Å². The van der Waals surface area contributed by atoms with Gasteiger partial charge in [-0.15, -0.1) is 0 Å². The number of fused-ring (bicyclic) bond motifs is 3. The summed E-state index contributed by atoms with van der Waals surface area (Å²) in [4.78, 5) is 21.5. The van der Waals surface area contributed by atoms with Gasteiger partial charge in [-0.25, -0.2) is 0 Å². The van der Waals surface area contributed by atoms with Crippen molar-refractivity contribution in [3.05, 3.63) is 35.5 Å². The second-order valence-corrected chi connectivity index (χ2v) is 7.22. The third-order valence-electron chi connectivity index (χ3n) is 5.80. The van der Waals surface area contributed by atoms with Gasteiger partial charge in [-0.3, -0.25) is 4.79 Å². The molecule has 0 bridgehead atoms. The Morgan fingerprint density at radius 2 is 1.92 bits per heavy atom. The summed E-state index contributed by atoms with van der Waals surface area (Å²) in [7, 11) is 0. The highest BCUT2D eigenvalue weighted by Gasteiger charge is 2.28. The van der Waals surface area contributed by atoms with Crippen LogP contribution in [0.1, 0.15) is 18.2 Å². The van der Waals surface area contributed by atoms with Crippen LogP contribution in [0.3, 0.4) is 0 Å². The molecule has 0 unspecified atom stereocenters. The Labute approximate surface area is 143 Å². The molecule has 0 aliphatic carbocycles. The van der Waals surface area contributed by atoms with E-state index in [0.717, 1.165) is 32.6 Å². The van der Waals surface area contributed by atoms with Crippen LogP contribution in [0, 0.1) is 0 Å². The van der Waals surface area contributed by atoms with E-state index >= 15 is 0 Å². The van der Waals surface area contributed by atoms with E-state index in [1.165, 1.54) is 46.7 Å². The average molecular weight is 328 g/mol. The highest BCUT2D eigenvalue weighted by molar-refractivity contribution is 5.86. The van der Waals surface area contributed by atoms with Crippen molar-refractivity contribution in [2.75, 3.05) is 45.8 Å². The average Bonchev–Trinajstić information content (AvgIpc) is 3.00. The van der Waals surface area contributed by atoms with Crippen molar-refractivity contribution in [3.63, 3.8) is 0 Å².